The van der Waals surface area contributed by atoms with Gasteiger partial charge in [-0.25, -0.2) is 9.97 Å². The molecular formula is C10H12BrN3O. The van der Waals surface area contributed by atoms with Crippen LogP contribution in [-0.4, -0.2) is 15.9 Å². The molecule has 1 aromatic heterocycles. The first-order valence-corrected chi connectivity index (χ1v) is 5.83. The van der Waals surface area contributed by atoms with Gasteiger partial charge in [0.25, 0.3) is 0 Å². The van der Waals surface area contributed by atoms with Gasteiger partial charge in [0.05, 0.1) is 12.4 Å². The fourth-order valence-corrected chi connectivity index (χ4v) is 2.00. The van der Waals surface area contributed by atoms with Gasteiger partial charge in [-0.15, -0.1) is 0 Å². The van der Waals surface area contributed by atoms with Gasteiger partial charge in [-0.05, 0) is 28.8 Å². The molecule has 80 valence electrons. The van der Waals surface area contributed by atoms with Crippen LogP contribution in [0.2, 0.25) is 0 Å². The number of nitrogens with zero attached hydrogens (tertiary/aromatic N) is 2. The molecule has 0 saturated heterocycles. The average Bonchev–Trinajstić information content (AvgIpc) is 2.74. The minimum absolute atomic E-state index is 0.0733. The second kappa shape index (κ2) is 4.70. The SMILES string of the molecule is O=C(Nc1cnc(Br)cn1)C1CCCC1. The third kappa shape index (κ3) is 2.75. The summed E-state index contributed by atoms with van der Waals surface area (Å²) in [4.78, 5) is 19.8. The predicted molar refractivity (Wildman–Crippen MR) is 60.3 cm³/mol. The van der Waals surface area contributed by atoms with Gasteiger partial charge >= 0.3 is 0 Å². The van der Waals surface area contributed by atoms with Gasteiger partial charge in [-0.1, -0.05) is 12.8 Å². The molecule has 1 amide bonds. The first-order valence-electron chi connectivity index (χ1n) is 5.04. The molecule has 1 fully saturated rings. The maximum atomic E-state index is 11.7. The monoisotopic (exact) mass is 269 g/mol. The van der Waals surface area contributed by atoms with E-state index in [1.54, 1.807) is 12.4 Å². The van der Waals surface area contributed by atoms with E-state index in [2.05, 4.69) is 31.2 Å². The van der Waals surface area contributed by atoms with Crippen LogP contribution in [0.15, 0.2) is 17.0 Å². The standard InChI is InChI=1S/C10H12BrN3O/c11-8-5-13-9(6-12-8)14-10(15)7-3-1-2-4-7/h5-7H,1-4H2,(H,13,14,15). The lowest BCUT2D eigenvalue weighted by Gasteiger charge is -2.08. The Bertz CT molecular complexity index is 346. The third-order valence-corrected chi connectivity index (χ3v) is 3.01. The Kier molecular flexibility index (Phi) is 3.30. The Balaban J connectivity index is 1.96. The van der Waals surface area contributed by atoms with Crippen LogP contribution in [0.4, 0.5) is 5.82 Å². The Labute approximate surface area is 96.6 Å². The molecule has 2 rings (SSSR count). The number of rotatable bonds is 2. The van der Waals surface area contributed by atoms with Gasteiger partial charge in [-0.2, -0.15) is 0 Å². The maximum absolute atomic E-state index is 11.7. The molecule has 1 saturated carbocycles. The molecule has 1 aliphatic carbocycles. The molecule has 5 heteroatoms. The van der Waals surface area contributed by atoms with E-state index < -0.39 is 0 Å². The quantitative estimate of drug-likeness (QED) is 0.897. The Morgan fingerprint density at radius 1 is 1.33 bits per heavy atom. The van der Waals surface area contributed by atoms with E-state index in [1.807, 2.05) is 0 Å². The third-order valence-electron chi connectivity index (χ3n) is 2.60. The second-order valence-corrected chi connectivity index (χ2v) is 4.51. The topological polar surface area (TPSA) is 54.9 Å². The number of anilines is 1. The number of carbonyl (C=O) groups is 1. The van der Waals surface area contributed by atoms with Crippen molar-refractivity contribution < 1.29 is 4.79 Å². The molecule has 0 bridgehead atoms. The summed E-state index contributed by atoms with van der Waals surface area (Å²) in [6, 6.07) is 0. The molecule has 1 aromatic rings. The summed E-state index contributed by atoms with van der Waals surface area (Å²) in [5.41, 5.74) is 0. The zero-order chi connectivity index (χ0) is 10.7. The van der Waals surface area contributed by atoms with Gasteiger partial charge in [-0.3, -0.25) is 4.79 Å². The number of hydrogen-bond acceptors (Lipinski definition) is 3. The van der Waals surface area contributed by atoms with E-state index in [-0.39, 0.29) is 11.8 Å². The minimum atomic E-state index is 0.0733. The number of nitrogens with one attached hydrogen (secondary N) is 1. The average molecular weight is 270 g/mol. The van der Waals surface area contributed by atoms with Crippen LogP contribution in [-0.2, 0) is 4.79 Å². The Hall–Kier alpha value is -0.970. The van der Waals surface area contributed by atoms with Crippen molar-refractivity contribution in [3.63, 3.8) is 0 Å². The van der Waals surface area contributed by atoms with Gasteiger partial charge in [0.2, 0.25) is 5.91 Å². The summed E-state index contributed by atoms with van der Waals surface area (Å²) >= 11 is 3.19. The molecule has 0 atom stereocenters. The zero-order valence-electron chi connectivity index (χ0n) is 8.24. The van der Waals surface area contributed by atoms with Crippen molar-refractivity contribution in [1.82, 2.24) is 9.97 Å². The summed E-state index contributed by atoms with van der Waals surface area (Å²) < 4.78 is 0.668. The van der Waals surface area contributed by atoms with Crippen molar-refractivity contribution in [3.05, 3.63) is 17.0 Å². The van der Waals surface area contributed by atoms with Crippen molar-refractivity contribution in [1.29, 1.82) is 0 Å². The van der Waals surface area contributed by atoms with Crippen LogP contribution in [0.1, 0.15) is 25.7 Å². The van der Waals surface area contributed by atoms with Gasteiger partial charge in [0, 0.05) is 5.92 Å². The van der Waals surface area contributed by atoms with Crippen molar-refractivity contribution in [2.24, 2.45) is 5.92 Å². The molecule has 4 nitrogen and oxygen atoms in total. The smallest absolute Gasteiger partial charge is 0.228 e. The summed E-state index contributed by atoms with van der Waals surface area (Å²) in [5, 5.41) is 2.78. The highest BCUT2D eigenvalue weighted by atomic mass is 79.9. The molecule has 0 aliphatic heterocycles. The van der Waals surface area contributed by atoms with Crippen LogP contribution < -0.4 is 5.32 Å². The van der Waals surface area contributed by atoms with Gasteiger partial charge in [0.15, 0.2) is 5.82 Å². The highest BCUT2D eigenvalue weighted by Gasteiger charge is 2.22. The van der Waals surface area contributed by atoms with Crippen molar-refractivity contribution >= 4 is 27.7 Å². The highest BCUT2D eigenvalue weighted by Crippen LogP contribution is 2.25. The zero-order valence-corrected chi connectivity index (χ0v) is 9.83. The number of hydrogen-bond donors (Lipinski definition) is 1. The van der Waals surface area contributed by atoms with Crippen molar-refractivity contribution in [3.8, 4) is 0 Å². The van der Waals surface area contributed by atoms with E-state index in [4.69, 9.17) is 0 Å². The van der Waals surface area contributed by atoms with Crippen LogP contribution in [0, 0.1) is 5.92 Å². The first kappa shape index (κ1) is 10.5. The summed E-state index contributed by atoms with van der Waals surface area (Å²) in [5.74, 6) is 0.759. The first-order chi connectivity index (χ1) is 7.25. The van der Waals surface area contributed by atoms with Crippen LogP contribution in [0.5, 0.6) is 0 Å². The van der Waals surface area contributed by atoms with E-state index in [1.165, 1.54) is 0 Å². The van der Waals surface area contributed by atoms with Crippen LogP contribution in [0.3, 0.4) is 0 Å². The van der Waals surface area contributed by atoms with Gasteiger partial charge < -0.3 is 5.32 Å². The molecule has 0 unspecified atom stereocenters. The number of carbonyl (C=O) groups excluding carboxylic acids is 1. The van der Waals surface area contributed by atoms with Crippen LogP contribution >= 0.6 is 15.9 Å². The van der Waals surface area contributed by atoms with E-state index in [9.17, 15) is 4.79 Å². The number of aromatic nitrogens is 2. The van der Waals surface area contributed by atoms with Gasteiger partial charge in [0.1, 0.15) is 4.60 Å². The van der Waals surface area contributed by atoms with Crippen molar-refractivity contribution in [2.45, 2.75) is 25.7 Å². The maximum Gasteiger partial charge on any atom is 0.228 e. The lowest BCUT2D eigenvalue weighted by Crippen LogP contribution is -2.20. The van der Waals surface area contributed by atoms with Crippen molar-refractivity contribution in [2.75, 3.05) is 5.32 Å². The van der Waals surface area contributed by atoms with Crippen LogP contribution in [0.25, 0.3) is 0 Å². The summed E-state index contributed by atoms with van der Waals surface area (Å²) in [6.45, 7) is 0. The van der Waals surface area contributed by atoms with E-state index in [0.717, 1.165) is 25.7 Å². The Morgan fingerprint density at radius 2 is 2.07 bits per heavy atom. The largest absolute Gasteiger partial charge is 0.309 e. The van der Waals surface area contributed by atoms with E-state index >= 15 is 0 Å². The fourth-order valence-electron chi connectivity index (χ4n) is 1.79. The highest BCUT2D eigenvalue weighted by molar-refractivity contribution is 9.10. The molecule has 0 spiro atoms. The Morgan fingerprint density at radius 3 is 2.67 bits per heavy atom. The number of amides is 1. The number of halogens is 1. The molecule has 15 heavy (non-hydrogen) atoms. The lowest BCUT2D eigenvalue weighted by molar-refractivity contribution is -0.119. The molecule has 1 aliphatic rings. The molecule has 0 aromatic carbocycles. The molecule has 1 N–H and O–H groups in total. The normalized spacial score (nSPS) is 16.6. The van der Waals surface area contributed by atoms with E-state index in [0.29, 0.717) is 10.4 Å². The molecule has 0 radical (unpaired) electrons. The second-order valence-electron chi connectivity index (χ2n) is 3.69. The summed E-state index contributed by atoms with van der Waals surface area (Å²) in [6.07, 6.45) is 7.43. The molecular weight excluding hydrogens is 258 g/mol. The minimum Gasteiger partial charge on any atom is -0.309 e. The predicted octanol–water partition coefficient (Wildman–Crippen LogP) is 2.37. The fraction of sp³-hybridized carbons (Fsp3) is 0.500. The lowest BCUT2D eigenvalue weighted by atomic mass is 10.1. The molecule has 1 heterocycles. The summed E-state index contributed by atoms with van der Waals surface area (Å²) in [7, 11) is 0.